The Morgan fingerprint density at radius 3 is 2.50 bits per heavy atom. The van der Waals surface area contributed by atoms with Gasteiger partial charge in [0.25, 0.3) is 0 Å². The second-order valence-corrected chi connectivity index (χ2v) is 4.34. The maximum absolute atomic E-state index is 12.1. The summed E-state index contributed by atoms with van der Waals surface area (Å²) in [6.45, 7) is 0.449. The Morgan fingerprint density at radius 2 is 2.00 bits per heavy atom. The number of alkyl halides is 3. The number of benzene rings is 1. The van der Waals surface area contributed by atoms with Crippen molar-refractivity contribution < 1.29 is 32.9 Å². The van der Waals surface area contributed by atoms with E-state index in [4.69, 9.17) is 4.74 Å². The minimum atomic E-state index is -5.04. The zero-order valence-electron chi connectivity index (χ0n) is 10.8. The lowest BCUT2D eigenvalue weighted by atomic mass is 9.94. The van der Waals surface area contributed by atoms with Crippen molar-refractivity contribution in [2.75, 3.05) is 13.7 Å². The Labute approximate surface area is 113 Å². The molecule has 8 heteroatoms. The summed E-state index contributed by atoms with van der Waals surface area (Å²) in [4.78, 5) is 10.7. The van der Waals surface area contributed by atoms with E-state index in [0.29, 0.717) is 5.75 Å². The van der Waals surface area contributed by atoms with Crippen molar-refractivity contribution in [1.29, 1.82) is 0 Å². The molecule has 1 aromatic rings. The van der Waals surface area contributed by atoms with E-state index in [-0.39, 0.29) is 11.3 Å². The van der Waals surface area contributed by atoms with Crippen LogP contribution >= 0.6 is 0 Å². The highest BCUT2D eigenvalue weighted by Crippen LogP contribution is 2.32. The Morgan fingerprint density at radius 1 is 1.40 bits per heavy atom. The summed E-state index contributed by atoms with van der Waals surface area (Å²) in [5.41, 5.74) is -1.95. The van der Waals surface area contributed by atoms with Crippen molar-refractivity contribution in [2.24, 2.45) is 0 Å². The van der Waals surface area contributed by atoms with Crippen LogP contribution in [0.2, 0.25) is 0 Å². The fourth-order valence-electron chi connectivity index (χ4n) is 1.52. The van der Waals surface area contributed by atoms with Gasteiger partial charge in [-0.05, 0) is 25.1 Å². The molecule has 0 aromatic heterocycles. The maximum atomic E-state index is 12.1. The summed E-state index contributed by atoms with van der Waals surface area (Å²) in [7, 11) is 1.36. The van der Waals surface area contributed by atoms with Crippen LogP contribution in [-0.4, -0.2) is 36.0 Å². The topological polar surface area (TPSA) is 78.8 Å². The average Bonchev–Trinajstić information content (AvgIpc) is 2.35. The largest absolute Gasteiger partial charge is 0.508 e. The minimum Gasteiger partial charge on any atom is -0.508 e. The van der Waals surface area contributed by atoms with Gasteiger partial charge < -0.3 is 20.3 Å². The molecule has 3 N–H and O–H groups in total. The molecule has 1 atom stereocenters. The van der Waals surface area contributed by atoms with Gasteiger partial charge in [-0.15, -0.1) is 0 Å². The van der Waals surface area contributed by atoms with E-state index in [1.54, 1.807) is 5.32 Å². The van der Waals surface area contributed by atoms with E-state index in [1.807, 2.05) is 0 Å². The molecule has 1 unspecified atom stereocenters. The number of nitrogens with one attached hydrogen (secondary N) is 1. The molecule has 0 heterocycles. The van der Waals surface area contributed by atoms with Crippen LogP contribution in [0.4, 0.5) is 13.2 Å². The van der Waals surface area contributed by atoms with Gasteiger partial charge >= 0.3 is 12.1 Å². The minimum absolute atomic E-state index is 0.0562. The lowest BCUT2D eigenvalue weighted by Crippen LogP contribution is -2.44. The molecule has 0 aliphatic rings. The smallest absolute Gasteiger partial charge is 0.471 e. The number of phenols is 1. The van der Waals surface area contributed by atoms with Gasteiger partial charge in [-0.3, -0.25) is 4.79 Å². The molecule has 0 saturated carbocycles. The maximum Gasteiger partial charge on any atom is 0.471 e. The van der Waals surface area contributed by atoms with Gasteiger partial charge in [0.2, 0.25) is 0 Å². The van der Waals surface area contributed by atoms with E-state index in [0.717, 1.165) is 6.92 Å². The van der Waals surface area contributed by atoms with E-state index in [9.17, 15) is 28.2 Å². The second-order valence-electron chi connectivity index (χ2n) is 4.34. The molecule has 20 heavy (non-hydrogen) atoms. The van der Waals surface area contributed by atoms with Crippen molar-refractivity contribution >= 4 is 5.91 Å². The molecule has 0 aliphatic heterocycles. The van der Waals surface area contributed by atoms with Crippen LogP contribution in [-0.2, 0) is 10.4 Å². The number of aromatic hydroxyl groups is 1. The number of rotatable bonds is 4. The first-order valence-corrected chi connectivity index (χ1v) is 5.53. The van der Waals surface area contributed by atoms with Gasteiger partial charge in [0.1, 0.15) is 17.1 Å². The summed E-state index contributed by atoms with van der Waals surface area (Å²) < 4.78 is 41.1. The summed E-state index contributed by atoms with van der Waals surface area (Å²) >= 11 is 0. The molecule has 0 bridgehead atoms. The Hall–Kier alpha value is -1.96. The molecule has 1 rings (SSSR count). The molecular formula is C12H14F3NO4. The van der Waals surface area contributed by atoms with Gasteiger partial charge in [0, 0.05) is 5.56 Å². The highest BCUT2D eigenvalue weighted by atomic mass is 19.4. The monoisotopic (exact) mass is 293 g/mol. The molecule has 0 fully saturated rings. The molecule has 5 nitrogen and oxygen atoms in total. The highest BCUT2D eigenvalue weighted by Gasteiger charge is 2.40. The number of ether oxygens (including phenoxy) is 1. The first kappa shape index (κ1) is 16.1. The van der Waals surface area contributed by atoms with E-state index in [1.165, 1.54) is 25.3 Å². The number of amides is 1. The molecule has 0 saturated heterocycles. The number of carbonyl (C=O) groups is 1. The van der Waals surface area contributed by atoms with Crippen LogP contribution < -0.4 is 10.1 Å². The first-order chi connectivity index (χ1) is 9.08. The fraction of sp³-hybridized carbons (Fsp3) is 0.417. The fourth-order valence-corrected chi connectivity index (χ4v) is 1.52. The van der Waals surface area contributed by atoms with Gasteiger partial charge in [-0.1, -0.05) is 0 Å². The Balaban J connectivity index is 2.91. The van der Waals surface area contributed by atoms with E-state index in [2.05, 4.69) is 0 Å². The summed E-state index contributed by atoms with van der Waals surface area (Å²) in [5.74, 6) is -2.18. The highest BCUT2D eigenvalue weighted by molar-refractivity contribution is 5.81. The average molecular weight is 293 g/mol. The quantitative estimate of drug-likeness (QED) is 0.781. The third-order valence-electron chi connectivity index (χ3n) is 2.63. The number of hydrogen-bond donors (Lipinski definition) is 3. The van der Waals surface area contributed by atoms with Crippen LogP contribution in [0.15, 0.2) is 18.2 Å². The molecule has 1 amide bonds. The van der Waals surface area contributed by atoms with Gasteiger partial charge in [0.05, 0.1) is 13.7 Å². The van der Waals surface area contributed by atoms with Crippen molar-refractivity contribution in [3.63, 3.8) is 0 Å². The van der Waals surface area contributed by atoms with Gasteiger partial charge in [0.15, 0.2) is 0 Å². The Kier molecular flexibility index (Phi) is 4.49. The zero-order chi connectivity index (χ0) is 15.6. The second kappa shape index (κ2) is 5.58. The van der Waals surface area contributed by atoms with Crippen molar-refractivity contribution in [3.05, 3.63) is 23.8 Å². The number of methoxy groups -OCH3 is 1. The number of halogens is 3. The third kappa shape index (κ3) is 3.77. The van der Waals surface area contributed by atoms with Gasteiger partial charge in [-0.25, -0.2) is 0 Å². The molecule has 0 radical (unpaired) electrons. The van der Waals surface area contributed by atoms with Crippen molar-refractivity contribution in [1.82, 2.24) is 5.32 Å². The number of aliphatic hydroxyl groups is 1. The van der Waals surface area contributed by atoms with E-state index < -0.39 is 24.2 Å². The number of carbonyl (C=O) groups excluding carboxylic acids is 1. The Bertz CT molecular complexity index is 500. The summed E-state index contributed by atoms with van der Waals surface area (Å²) in [6, 6.07) is 3.92. The molecule has 0 spiro atoms. The van der Waals surface area contributed by atoms with E-state index >= 15 is 0 Å². The SMILES string of the molecule is COc1ccc(O)c(C(C)(O)CNC(=O)C(F)(F)F)c1. The number of hydrogen-bond acceptors (Lipinski definition) is 4. The molecule has 0 aliphatic carbocycles. The molecule has 112 valence electrons. The van der Waals surface area contributed by atoms with Gasteiger partial charge in [-0.2, -0.15) is 13.2 Å². The summed E-state index contributed by atoms with van der Waals surface area (Å²) in [6.07, 6.45) is -5.04. The van der Waals surface area contributed by atoms with Crippen LogP contribution in [0.1, 0.15) is 12.5 Å². The lowest BCUT2D eigenvalue weighted by Gasteiger charge is -2.25. The molecule has 1 aromatic carbocycles. The number of phenolic OH excluding ortho intramolecular Hbond substituents is 1. The predicted molar refractivity (Wildman–Crippen MR) is 63.3 cm³/mol. The van der Waals surface area contributed by atoms with Crippen molar-refractivity contribution in [3.8, 4) is 11.5 Å². The van der Waals surface area contributed by atoms with Crippen LogP contribution in [0, 0.1) is 0 Å². The summed E-state index contributed by atoms with van der Waals surface area (Å²) in [5, 5.41) is 21.3. The molecular weight excluding hydrogens is 279 g/mol. The predicted octanol–water partition coefficient (Wildman–Crippen LogP) is 1.29. The lowest BCUT2D eigenvalue weighted by molar-refractivity contribution is -0.174. The van der Waals surface area contributed by atoms with Crippen LogP contribution in [0.3, 0.4) is 0 Å². The van der Waals surface area contributed by atoms with Crippen LogP contribution in [0.5, 0.6) is 11.5 Å². The first-order valence-electron chi connectivity index (χ1n) is 5.53. The zero-order valence-corrected chi connectivity index (χ0v) is 10.8. The third-order valence-corrected chi connectivity index (χ3v) is 2.63. The standard InChI is InChI=1S/C12H14F3NO4/c1-11(19,6-16-10(18)12(13,14)15)8-5-7(20-2)3-4-9(8)17/h3-5,17,19H,6H2,1-2H3,(H,16,18). The normalized spacial score (nSPS) is 14.5. The van der Waals surface area contributed by atoms with Crippen LogP contribution in [0.25, 0.3) is 0 Å². The van der Waals surface area contributed by atoms with Crippen molar-refractivity contribution in [2.45, 2.75) is 18.7 Å².